The van der Waals surface area contributed by atoms with E-state index >= 15 is 0 Å². The van der Waals surface area contributed by atoms with Crippen LogP contribution in [0.5, 0.6) is 0 Å². The number of aromatic nitrogens is 1. The topological polar surface area (TPSA) is 65.5 Å². The second-order valence-corrected chi connectivity index (χ2v) is 8.29. The van der Waals surface area contributed by atoms with E-state index in [2.05, 4.69) is 10.3 Å². The lowest BCUT2D eigenvalue weighted by Gasteiger charge is -2.36. The molecule has 1 aromatic carbocycles. The summed E-state index contributed by atoms with van der Waals surface area (Å²) in [6.45, 7) is 3.69. The summed E-state index contributed by atoms with van der Waals surface area (Å²) in [5, 5.41) is 13.8. The number of benzene rings is 1. The maximum absolute atomic E-state index is 14.2. The molecule has 1 aromatic heterocycles. The maximum atomic E-state index is 14.2. The van der Waals surface area contributed by atoms with E-state index in [4.69, 9.17) is 0 Å². The van der Waals surface area contributed by atoms with Crippen LogP contribution in [-0.2, 0) is 0 Å². The van der Waals surface area contributed by atoms with Gasteiger partial charge in [0.25, 0.3) is 5.91 Å². The molecule has 2 N–H and O–H groups in total. The zero-order valence-electron chi connectivity index (χ0n) is 16.4. The second-order valence-electron chi connectivity index (χ2n) is 8.29. The highest BCUT2D eigenvalue weighted by molar-refractivity contribution is 5.97. The molecular weight excluding hydrogens is 345 g/mol. The van der Waals surface area contributed by atoms with Crippen LogP contribution in [-0.4, -0.2) is 41.7 Å². The number of amides is 1. The Morgan fingerprint density at radius 2 is 1.89 bits per heavy atom. The molecule has 3 rings (SSSR count). The predicted molar refractivity (Wildman–Crippen MR) is 106 cm³/mol. The SMILES string of the molecule is CN(C)c1cc2ncc(C(=O)NC3CCC(C(C)(C)O)CC3)cc2cc1F. The summed E-state index contributed by atoms with van der Waals surface area (Å²) < 4.78 is 14.2. The van der Waals surface area contributed by atoms with Crippen molar-refractivity contribution in [2.24, 2.45) is 5.92 Å². The summed E-state index contributed by atoms with van der Waals surface area (Å²) in [5.74, 6) is -0.258. The molecule has 0 bridgehead atoms. The first-order valence-electron chi connectivity index (χ1n) is 9.45. The van der Waals surface area contributed by atoms with Gasteiger partial charge in [-0.3, -0.25) is 9.78 Å². The summed E-state index contributed by atoms with van der Waals surface area (Å²) in [7, 11) is 3.55. The molecule has 1 heterocycles. The lowest BCUT2D eigenvalue weighted by Crippen LogP contribution is -2.41. The van der Waals surface area contributed by atoms with Crippen molar-refractivity contribution in [1.82, 2.24) is 10.3 Å². The molecule has 1 fully saturated rings. The molecular formula is C21H28FN3O2. The van der Waals surface area contributed by atoms with Crippen LogP contribution in [0.4, 0.5) is 10.1 Å². The van der Waals surface area contributed by atoms with Crippen molar-refractivity contribution in [3.8, 4) is 0 Å². The Labute approximate surface area is 159 Å². The third-order valence-electron chi connectivity index (χ3n) is 5.56. The van der Waals surface area contributed by atoms with Crippen LogP contribution in [0, 0.1) is 11.7 Å². The largest absolute Gasteiger partial charge is 0.390 e. The fourth-order valence-electron chi connectivity index (χ4n) is 3.82. The number of nitrogens with zero attached hydrogens (tertiary/aromatic N) is 2. The first-order chi connectivity index (χ1) is 12.6. The quantitative estimate of drug-likeness (QED) is 0.861. The number of anilines is 1. The summed E-state index contributed by atoms with van der Waals surface area (Å²) in [4.78, 5) is 18.6. The van der Waals surface area contributed by atoms with E-state index in [1.54, 1.807) is 31.1 Å². The summed E-state index contributed by atoms with van der Waals surface area (Å²) >= 11 is 0. The summed E-state index contributed by atoms with van der Waals surface area (Å²) in [5.41, 5.74) is 0.884. The van der Waals surface area contributed by atoms with Gasteiger partial charge in [-0.05, 0) is 63.6 Å². The fourth-order valence-corrected chi connectivity index (χ4v) is 3.82. The number of rotatable bonds is 4. The van der Waals surface area contributed by atoms with E-state index in [-0.39, 0.29) is 23.7 Å². The zero-order chi connectivity index (χ0) is 19.8. The van der Waals surface area contributed by atoms with Crippen molar-refractivity contribution in [3.63, 3.8) is 0 Å². The number of carbonyl (C=O) groups is 1. The average molecular weight is 373 g/mol. The first-order valence-corrected chi connectivity index (χ1v) is 9.45. The monoisotopic (exact) mass is 373 g/mol. The van der Waals surface area contributed by atoms with Crippen LogP contribution in [0.2, 0.25) is 0 Å². The van der Waals surface area contributed by atoms with Gasteiger partial charge >= 0.3 is 0 Å². The number of fused-ring (bicyclic) bond motifs is 1. The Morgan fingerprint density at radius 3 is 2.48 bits per heavy atom. The van der Waals surface area contributed by atoms with Crippen LogP contribution >= 0.6 is 0 Å². The van der Waals surface area contributed by atoms with Crippen LogP contribution in [0.3, 0.4) is 0 Å². The van der Waals surface area contributed by atoms with Crippen molar-refractivity contribution in [2.75, 3.05) is 19.0 Å². The Morgan fingerprint density at radius 1 is 1.22 bits per heavy atom. The number of carbonyl (C=O) groups excluding carboxylic acids is 1. The Bertz CT molecular complexity index is 837. The van der Waals surface area contributed by atoms with Gasteiger partial charge in [-0.15, -0.1) is 0 Å². The van der Waals surface area contributed by atoms with Gasteiger partial charge in [0.05, 0.1) is 22.4 Å². The second kappa shape index (κ2) is 7.43. The number of hydrogen-bond acceptors (Lipinski definition) is 4. The highest BCUT2D eigenvalue weighted by Crippen LogP contribution is 2.32. The number of pyridine rings is 1. The van der Waals surface area contributed by atoms with Gasteiger partial charge in [-0.2, -0.15) is 0 Å². The van der Waals surface area contributed by atoms with Crippen LogP contribution in [0.15, 0.2) is 24.4 Å². The third-order valence-corrected chi connectivity index (χ3v) is 5.56. The molecule has 0 spiro atoms. The highest BCUT2D eigenvalue weighted by atomic mass is 19.1. The normalized spacial score (nSPS) is 20.5. The van der Waals surface area contributed by atoms with E-state index in [1.807, 2.05) is 13.8 Å². The van der Waals surface area contributed by atoms with Gasteiger partial charge in [-0.25, -0.2) is 4.39 Å². The Balaban J connectivity index is 1.70. The first kappa shape index (κ1) is 19.5. The van der Waals surface area contributed by atoms with E-state index < -0.39 is 5.60 Å². The molecule has 1 aliphatic carbocycles. The van der Waals surface area contributed by atoms with Crippen molar-refractivity contribution in [3.05, 3.63) is 35.8 Å². The van der Waals surface area contributed by atoms with Gasteiger partial charge in [0.2, 0.25) is 0 Å². The standard InChI is InChI=1S/C21H28FN3O2/c1-21(2,27)15-5-7-16(8-6-15)24-20(26)14-9-13-10-17(22)19(25(3)4)11-18(13)23-12-14/h9-12,15-16,27H,5-8H2,1-4H3,(H,24,26). The molecule has 0 aliphatic heterocycles. The van der Waals surface area contributed by atoms with Gasteiger partial charge < -0.3 is 15.3 Å². The highest BCUT2D eigenvalue weighted by Gasteiger charge is 2.31. The van der Waals surface area contributed by atoms with E-state index in [0.717, 1.165) is 25.7 Å². The molecule has 0 radical (unpaired) electrons. The molecule has 0 unspecified atom stereocenters. The Hall–Kier alpha value is -2.21. The minimum absolute atomic E-state index is 0.0969. The predicted octanol–water partition coefficient (Wildman–Crippen LogP) is 3.50. The number of aliphatic hydroxyl groups is 1. The molecule has 27 heavy (non-hydrogen) atoms. The van der Waals surface area contributed by atoms with E-state index in [1.165, 1.54) is 12.3 Å². The minimum Gasteiger partial charge on any atom is -0.390 e. The smallest absolute Gasteiger partial charge is 0.253 e. The minimum atomic E-state index is -0.674. The number of hydrogen-bond donors (Lipinski definition) is 2. The van der Waals surface area contributed by atoms with Crippen molar-refractivity contribution in [2.45, 2.75) is 51.2 Å². The van der Waals surface area contributed by atoms with Crippen molar-refractivity contribution < 1.29 is 14.3 Å². The molecule has 1 saturated carbocycles. The zero-order valence-corrected chi connectivity index (χ0v) is 16.4. The lowest BCUT2D eigenvalue weighted by molar-refractivity contribution is -0.00257. The third kappa shape index (κ3) is 4.38. The fraction of sp³-hybridized carbons (Fsp3) is 0.524. The van der Waals surface area contributed by atoms with E-state index in [9.17, 15) is 14.3 Å². The molecule has 0 atom stereocenters. The maximum Gasteiger partial charge on any atom is 0.253 e. The average Bonchev–Trinajstić information content (AvgIpc) is 2.60. The number of nitrogens with one attached hydrogen (secondary N) is 1. The van der Waals surface area contributed by atoms with Crippen LogP contribution < -0.4 is 10.2 Å². The molecule has 146 valence electrons. The molecule has 2 aromatic rings. The molecule has 0 saturated heterocycles. The van der Waals surface area contributed by atoms with Crippen molar-refractivity contribution >= 4 is 22.5 Å². The van der Waals surface area contributed by atoms with Gasteiger partial charge in [0.1, 0.15) is 5.82 Å². The van der Waals surface area contributed by atoms with Gasteiger partial charge in [0, 0.05) is 31.7 Å². The Kier molecular flexibility index (Phi) is 5.38. The molecule has 1 amide bonds. The van der Waals surface area contributed by atoms with E-state index in [0.29, 0.717) is 22.2 Å². The summed E-state index contributed by atoms with van der Waals surface area (Å²) in [6, 6.07) is 4.88. The lowest BCUT2D eigenvalue weighted by atomic mass is 9.77. The molecule has 1 aliphatic rings. The van der Waals surface area contributed by atoms with Gasteiger partial charge in [-0.1, -0.05) is 0 Å². The molecule has 5 nitrogen and oxygen atoms in total. The number of halogens is 1. The van der Waals surface area contributed by atoms with Crippen LogP contribution in [0.1, 0.15) is 49.9 Å². The molecule has 6 heteroatoms. The van der Waals surface area contributed by atoms with Gasteiger partial charge in [0.15, 0.2) is 0 Å². The van der Waals surface area contributed by atoms with Crippen molar-refractivity contribution in [1.29, 1.82) is 0 Å². The summed E-state index contributed by atoms with van der Waals surface area (Å²) in [6.07, 6.45) is 5.02. The van der Waals surface area contributed by atoms with Crippen LogP contribution in [0.25, 0.3) is 10.9 Å².